The first kappa shape index (κ1) is 22.9. The van der Waals surface area contributed by atoms with E-state index in [2.05, 4.69) is 37.4 Å². The van der Waals surface area contributed by atoms with Crippen LogP contribution in [0.4, 0.5) is 20.2 Å². The third-order valence-electron chi connectivity index (χ3n) is 6.81. The van der Waals surface area contributed by atoms with Gasteiger partial charge in [0.05, 0.1) is 36.7 Å². The van der Waals surface area contributed by atoms with Gasteiger partial charge < -0.3 is 20.1 Å². The molecule has 0 bridgehead atoms. The Morgan fingerprint density at radius 1 is 1.21 bits per heavy atom. The van der Waals surface area contributed by atoms with Crippen LogP contribution in [-0.2, 0) is 10.7 Å². The summed E-state index contributed by atoms with van der Waals surface area (Å²) in [6, 6.07) is 12.5. The van der Waals surface area contributed by atoms with Crippen LogP contribution in [0.15, 0.2) is 48.7 Å². The fourth-order valence-corrected chi connectivity index (χ4v) is 4.78. The minimum absolute atomic E-state index is 0.202. The van der Waals surface area contributed by atoms with Crippen LogP contribution in [0.2, 0.25) is 0 Å². The molecule has 0 aliphatic carbocycles. The van der Waals surface area contributed by atoms with Crippen molar-refractivity contribution >= 4 is 22.3 Å². The highest BCUT2D eigenvalue weighted by molar-refractivity contribution is 5.93. The summed E-state index contributed by atoms with van der Waals surface area (Å²) in [5, 5.41) is 21.8. The number of nitrogens with one attached hydrogen (secondary N) is 1. The predicted octanol–water partition coefficient (Wildman–Crippen LogP) is 3.41. The quantitative estimate of drug-likeness (QED) is 0.573. The van der Waals surface area contributed by atoms with Crippen LogP contribution in [0.1, 0.15) is 24.1 Å². The molecule has 0 spiro atoms. The monoisotopic (exact) mass is 469 g/mol. The van der Waals surface area contributed by atoms with E-state index in [0.717, 1.165) is 61.7 Å². The number of aliphatic hydroxyl groups excluding tert-OH is 1. The zero-order chi connectivity index (χ0) is 23.7. The predicted molar refractivity (Wildman–Crippen MR) is 127 cm³/mol. The summed E-state index contributed by atoms with van der Waals surface area (Å²) in [7, 11) is 0. The summed E-state index contributed by atoms with van der Waals surface area (Å²) in [6.07, 6.45) is 1.67. The van der Waals surface area contributed by atoms with Crippen molar-refractivity contribution in [3.8, 4) is 0 Å². The lowest BCUT2D eigenvalue weighted by molar-refractivity contribution is -0.0556. The molecule has 0 saturated carbocycles. The zero-order valence-electron chi connectivity index (χ0n) is 19.1. The molecule has 0 radical (unpaired) electrons. The Morgan fingerprint density at radius 2 is 2.09 bits per heavy atom. The second-order valence-corrected chi connectivity index (χ2v) is 9.02. The first-order valence-electron chi connectivity index (χ1n) is 11.6. The molecule has 34 heavy (non-hydrogen) atoms. The van der Waals surface area contributed by atoms with Gasteiger partial charge in [-0.1, -0.05) is 18.2 Å². The van der Waals surface area contributed by atoms with Crippen LogP contribution >= 0.6 is 0 Å². The van der Waals surface area contributed by atoms with E-state index in [-0.39, 0.29) is 11.6 Å². The third kappa shape index (κ3) is 4.55. The molecule has 5 rings (SSSR count). The van der Waals surface area contributed by atoms with E-state index in [1.807, 2.05) is 13.0 Å². The van der Waals surface area contributed by atoms with Crippen molar-refractivity contribution in [3.05, 3.63) is 59.8 Å². The Labute approximate surface area is 197 Å². The Morgan fingerprint density at radius 3 is 2.94 bits per heavy atom. The average Bonchev–Trinajstić information content (AvgIpc) is 2.88. The van der Waals surface area contributed by atoms with Gasteiger partial charge in [-0.05, 0) is 36.8 Å². The molecule has 7 nitrogen and oxygen atoms in total. The Bertz CT molecular complexity index is 1160. The van der Waals surface area contributed by atoms with E-state index in [4.69, 9.17) is 9.84 Å². The van der Waals surface area contributed by atoms with Crippen LogP contribution in [0.3, 0.4) is 0 Å². The normalized spacial score (nSPS) is 20.2. The second kappa shape index (κ2) is 9.40. The van der Waals surface area contributed by atoms with E-state index in [1.165, 1.54) is 12.1 Å². The lowest BCUT2D eigenvalue weighted by atomic mass is 10.0. The van der Waals surface area contributed by atoms with Gasteiger partial charge in [-0.3, -0.25) is 4.90 Å². The van der Waals surface area contributed by atoms with Crippen molar-refractivity contribution in [2.75, 3.05) is 56.2 Å². The SMILES string of the molecule is C[C@@H](Nc1cnnc2ccc(N3CCN4CCOC[C@@H]4C3)cc12)c1cccc(C(F)(F)CO)c1. The first-order chi connectivity index (χ1) is 16.4. The molecule has 2 aliphatic rings. The molecule has 2 saturated heterocycles. The molecule has 0 amide bonds. The standard InChI is InChI=1S/C25H29F2N5O2/c1-17(18-3-2-4-19(11-18)25(26,27)16-33)29-24-13-28-30-23-6-5-20(12-22(23)24)32-8-7-31-9-10-34-15-21(31)14-32/h2-6,11-13,17,21,33H,7-10,14-16H2,1H3,(H,29,30)/t17-,21+/m1/s1. The minimum atomic E-state index is -3.27. The van der Waals surface area contributed by atoms with Crippen LogP contribution in [0, 0.1) is 0 Å². The number of hydrogen-bond acceptors (Lipinski definition) is 7. The Hall–Kier alpha value is -2.88. The molecule has 180 valence electrons. The van der Waals surface area contributed by atoms with Crippen LogP contribution in [0.25, 0.3) is 10.9 Å². The first-order valence-corrected chi connectivity index (χ1v) is 11.6. The van der Waals surface area contributed by atoms with Gasteiger partial charge in [0.25, 0.3) is 5.92 Å². The zero-order valence-corrected chi connectivity index (χ0v) is 19.1. The lowest BCUT2D eigenvalue weighted by Crippen LogP contribution is -2.58. The minimum Gasteiger partial charge on any atom is -0.390 e. The number of hydrogen-bond donors (Lipinski definition) is 2. The van der Waals surface area contributed by atoms with E-state index < -0.39 is 12.5 Å². The number of ether oxygens (including phenoxy) is 1. The molecule has 2 fully saturated rings. The summed E-state index contributed by atoms with van der Waals surface area (Å²) >= 11 is 0. The van der Waals surface area contributed by atoms with Gasteiger partial charge in [0, 0.05) is 48.9 Å². The molecule has 3 heterocycles. The topological polar surface area (TPSA) is 73.8 Å². The highest BCUT2D eigenvalue weighted by atomic mass is 19.3. The molecule has 3 aromatic rings. The molecular weight excluding hydrogens is 440 g/mol. The Kier molecular flexibility index (Phi) is 6.33. The van der Waals surface area contributed by atoms with Crippen molar-refractivity contribution in [2.45, 2.75) is 24.9 Å². The second-order valence-electron chi connectivity index (χ2n) is 9.02. The number of alkyl halides is 2. The van der Waals surface area contributed by atoms with Crippen molar-refractivity contribution in [3.63, 3.8) is 0 Å². The number of benzene rings is 2. The van der Waals surface area contributed by atoms with Gasteiger partial charge in [-0.2, -0.15) is 19.0 Å². The summed E-state index contributed by atoms with van der Waals surface area (Å²) < 4.78 is 33.6. The van der Waals surface area contributed by atoms with Crippen molar-refractivity contribution in [1.82, 2.24) is 15.1 Å². The number of anilines is 2. The van der Waals surface area contributed by atoms with E-state index in [0.29, 0.717) is 11.6 Å². The number of rotatable bonds is 6. The maximum absolute atomic E-state index is 14.0. The fourth-order valence-electron chi connectivity index (χ4n) is 4.78. The van der Waals surface area contributed by atoms with Gasteiger partial charge in [0.1, 0.15) is 6.61 Å². The van der Waals surface area contributed by atoms with Gasteiger partial charge in [0.2, 0.25) is 0 Å². The highest BCUT2D eigenvalue weighted by Crippen LogP contribution is 2.32. The van der Waals surface area contributed by atoms with Crippen LogP contribution < -0.4 is 10.2 Å². The highest BCUT2D eigenvalue weighted by Gasteiger charge is 2.31. The number of aromatic nitrogens is 2. The average molecular weight is 470 g/mol. The van der Waals surface area contributed by atoms with E-state index in [1.54, 1.807) is 18.3 Å². The number of piperazine rings is 1. The summed E-state index contributed by atoms with van der Waals surface area (Å²) in [6.45, 7) is 6.12. The number of fused-ring (bicyclic) bond motifs is 2. The van der Waals surface area contributed by atoms with E-state index >= 15 is 0 Å². The molecule has 9 heteroatoms. The van der Waals surface area contributed by atoms with Gasteiger partial charge in [-0.25, -0.2) is 0 Å². The molecule has 2 atom stereocenters. The molecule has 2 N–H and O–H groups in total. The maximum atomic E-state index is 14.0. The molecule has 2 aliphatic heterocycles. The smallest absolute Gasteiger partial charge is 0.295 e. The largest absolute Gasteiger partial charge is 0.390 e. The van der Waals surface area contributed by atoms with Gasteiger partial charge in [0.15, 0.2) is 0 Å². The number of nitrogens with zero attached hydrogens (tertiary/aromatic N) is 4. The summed E-state index contributed by atoms with van der Waals surface area (Å²) in [5.41, 5.74) is 3.16. The van der Waals surface area contributed by atoms with E-state index in [9.17, 15) is 8.78 Å². The number of morpholine rings is 1. The van der Waals surface area contributed by atoms with Gasteiger partial charge >= 0.3 is 0 Å². The molecule has 1 aromatic heterocycles. The number of halogens is 2. The van der Waals surface area contributed by atoms with Gasteiger partial charge in [-0.15, -0.1) is 0 Å². The molecule has 2 aromatic carbocycles. The third-order valence-corrected chi connectivity index (χ3v) is 6.81. The maximum Gasteiger partial charge on any atom is 0.295 e. The Balaban J connectivity index is 1.39. The lowest BCUT2D eigenvalue weighted by Gasteiger charge is -2.44. The fraction of sp³-hybridized carbons (Fsp3) is 0.440. The van der Waals surface area contributed by atoms with Crippen LogP contribution in [0.5, 0.6) is 0 Å². The van der Waals surface area contributed by atoms with Crippen molar-refractivity contribution < 1.29 is 18.6 Å². The molecular formula is C25H29F2N5O2. The van der Waals surface area contributed by atoms with Crippen molar-refractivity contribution in [1.29, 1.82) is 0 Å². The molecule has 0 unspecified atom stereocenters. The van der Waals surface area contributed by atoms with Crippen molar-refractivity contribution in [2.24, 2.45) is 0 Å². The summed E-state index contributed by atoms with van der Waals surface area (Å²) in [5.74, 6) is -3.27. The van der Waals surface area contributed by atoms with Crippen LogP contribution in [-0.4, -0.2) is 72.2 Å². The number of aliphatic hydroxyl groups is 1. The summed E-state index contributed by atoms with van der Waals surface area (Å²) in [4.78, 5) is 4.87.